The summed E-state index contributed by atoms with van der Waals surface area (Å²) >= 11 is 6.34. The third kappa shape index (κ3) is 4.71. The summed E-state index contributed by atoms with van der Waals surface area (Å²) in [5.41, 5.74) is 4.81. The van der Waals surface area contributed by atoms with Crippen LogP contribution in [0.25, 0.3) is 11.3 Å². The van der Waals surface area contributed by atoms with Crippen molar-refractivity contribution in [1.82, 2.24) is 15.3 Å². The molecule has 3 N–H and O–H groups in total. The van der Waals surface area contributed by atoms with Gasteiger partial charge in [0.05, 0.1) is 40.3 Å². The number of carbonyl (C=O) groups excluding carboxylic acids is 1. The van der Waals surface area contributed by atoms with Crippen molar-refractivity contribution in [2.45, 2.75) is 32.4 Å². The number of nitrogens with one attached hydrogen (secondary N) is 3. The Morgan fingerprint density at radius 3 is 2.86 bits per heavy atom. The molecule has 0 spiro atoms. The molecule has 1 aromatic carbocycles. The zero-order chi connectivity index (χ0) is 25.2. The molecule has 0 aliphatic carbocycles. The van der Waals surface area contributed by atoms with Crippen molar-refractivity contribution in [3.63, 3.8) is 0 Å². The lowest BCUT2D eigenvalue weighted by Crippen LogP contribution is -2.31. The van der Waals surface area contributed by atoms with Crippen molar-refractivity contribution in [2.24, 2.45) is 0 Å². The molecule has 0 saturated heterocycles. The highest BCUT2D eigenvalue weighted by Crippen LogP contribution is 2.41. The van der Waals surface area contributed by atoms with E-state index in [2.05, 4.69) is 38.4 Å². The van der Waals surface area contributed by atoms with E-state index in [0.717, 1.165) is 11.3 Å². The number of aromatic amines is 1. The normalized spacial score (nSPS) is 12.5. The van der Waals surface area contributed by atoms with Gasteiger partial charge in [-0.25, -0.2) is 5.26 Å². The van der Waals surface area contributed by atoms with E-state index in [9.17, 15) is 10.1 Å². The second kappa shape index (κ2) is 9.78. The molecule has 35 heavy (non-hydrogen) atoms. The minimum absolute atomic E-state index is 0.164. The van der Waals surface area contributed by atoms with E-state index >= 15 is 0 Å². The Labute approximate surface area is 210 Å². The van der Waals surface area contributed by atoms with Crippen LogP contribution in [0.4, 0.5) is 11.4 Å². The number of halogens is 1. The summed E-state index contributed by atoms with van der Waals surface area (Å²) in [6.07, 6.45) is 4.05. The molecule has 0 unspecified atom stereocenters. The van der Waals surface area contributed by atoms with Crippen molar-refractivity contribution in [3.8, 4) is 34.8 Å². The van der Waals surface area contributed by atoms with Gasteiger partial charge in [0.2, 0.25) is 0 Å². The summed E-state index contributed by atoms with van der Waals surface area (Å²) < 4.78 is 5.51. The molecular weight excluding hydrogens is 461 g/mol. The number of carbonyl (C=O) groups is 1. The number of amides is 1. The molecule has 0 saturated carbocycles. The number of H-pyrrole nitrogens is 1. The Kier molecular flexibility index (Phi) is 6.78. The summed E-state index contributed by atoms with van der Waals surface area (Å²) in [7, 11) is 1.55. The number of aromatic nitrogens is 2. The Morgan fingerprint density at radius 2 is 2.11 bits per heavy atom. The van der Waals surface area contributed by atoms with Crippen LogP contribution in [0.1, 0.15) is 35.5 Å². The minimum atomic E-state index is -0.508. The smallest absolute Gasteiger partial charge is 0.282 e. The standard InChI is InChI=1S/C26H25BClN5O2/c1-26(2,27(3)15-29)11-8-16-14-30-12-9-17(16)22-23(21-19(32-22)10-13-31-25(21)34)33-20-7-5-6-18(28)24(20)35-4/h5-7,9,12,14,32-33H,10,13H2,1-4H3,(H,31,34). The summed E-state index contributed by atoms with van der Waals surface area (Å²) in [6.45, 7) is 6.05. The van der Waals surface area contributed by atoms with Crippen LogP contribution in [-0.2, 0) is 6.42 Å². The third-order valence-electron chi connectivity index (χ3n) is 6.28. The Hall–Kier alpha value is -3.88. The topological polar surface area (TPSA) is 103 Å². The molecule has 1 aliphatic rings. The van der Waals surface area contributed by atoms with Gasteiger partial charge in [0, 0.05) is 47.9 Å². The van der Waals surface area contributed by atoms with Crippen molar-refractivity contribution in [1.29, 1.82) is 5.26 Å². The van der Waals surface area contributed by atoms with Crippen LogP contribution in [0.2, 0.25) is 17.2 Å². The SMILES string of the molecule is COc1c(Cl)cccc1Nc1c(-c2ccncc2C#CC(C)(C)B(C)C#N)[nH]c2c1C(=O)NCC2. The van der Waals surface area contributed by atoms with Crippen LogP contribution in [0, 0.1) is 23.1 Å². The van der Waals surface area contributed by atoms with Gasteiger partial charge in [0.1, 0.15) is 0 Å². The van der Waals surface area contributed by atoms with E-state index in [-0.39, 0.29) is 12.6 Å². The second-order valence-corrected chi connectivity index (χ2v) is 9.33. The van der Waals surface area contributed by atoms with E-state index < -0.39 is 5.31 Å². The number of rotatable bonds is 5. The van der Waals surface area contributed by atoms with Gasteiger partial charge in [-0.1, -0.05) is 50.2 Å². The fourth-order valence-corrected chi connectivity index (χ4v) is 4.12. The number of ether oxygens (including phenoxy) is 1. The fraction of sp³-hybridized carbons (Fsp3) is 0.269. The predicted molar refractivity (Wildman–Crippen MR) is 139 cm³/mol. The molecule has 0 radical (unpaired) electrons. The van der Waals surface area contributed by atoms with Crippen molar-refractivity contribution >= 4 is 35.6 Å². The van der Waals surface area contributed by atoms with Crippen molar-refractivity contribution in [2.75, 3.05) is 19.0 Å². The molecule has 0 fully saturated rings. The van der Waals surface area contributed by atoms with Gasteiger partial charge >= 0.3 is 0 Å². The minimum Gasteiger partial charge on any atom is -0.493 e. The molecule has 9 heteroatoms. The summed E-state index contributed by atoms with van der Waals surface area (Å²) in [5.74, 6) is 9.05. The Balaban J connectivity index is 1.89. The monoisotopic (exact) mass is 485 g/mol. The van der Waals surface area contributed by atoms with Gasteiger partial charge in [-0.05, 0) is 18.2 Å². The third-order valence-corrected chi connectivity index (χ3v) is 6.58. The number of hydrogen-bond acceptors (Lipinski definition) is 5. The van der Waals surface area contributed by atoms with Gasteiger partial charge in [-0.2, -0.15) is 0 Å². The molecular formula is C26H25BClN5O2. The zero-order valence-corrected chi connectivity index (χ0v) is 20.8. The van der Waals surface area contributed by atoms with Crippen LogP contribution >= 0.6 is 11.6 Å². The van der Waals surface area contributed by atoms with E-state index in [0.29, 0.717) is 51.9 Å². The van der Waals surface area contributed by atoms with Gasteiger partial charge < -0.3 is 20.4 Å². The number of fused-ring (bicyclic) bond motifs is 1. The van der Waals surface area contributed by atoms with Gasteiger partial charge in [0.25, 0.3) is 12.6 Å². The average Bonchev–Trinajstić information content (AvgIpc) is 3.22. The first-order chi connectivity index (χ1) is 16.8. The van der Waals surface area contributed by atoms with E-state index in [4.69, 9.17) is 16.3 Å². The van der Waals surface area contributed by atoms with Crippen LogP contribution in [0.3, 0.4) is 0 Å². The number of nitrogens with zero attached hydrogens (tertiary/aromatic N) is 2. The molecule has 0 atom stereocenters. The van der Waals surface area contributed by atoms with Crippen LogP contribution < -0.4 is 15.4 Å². The van der Waals surface area contributed by atoms with Crippen molar-refractivity contribution in [3.05, 3.63) is 58.5 Å². The first kappa shape index (κ1) is 24.3. The lowest BCUT2D eigenvalue weighted by Gasteiger charge is -2.17. The number of benzene rings is 1. The highest BCUT2D eigenvalue weighted by molar-refractivity contribution is 6.69. The van der Waals surface area contributed by atoms with Crippen molar-refractivity contribution < 1.29 is 9.53 Å². The average molecular weight is 486 g/mol. The van der Waals surface area contributed by atoms with Gasteiger partial charge in [-0.3, -0.25) is 9.78 Å². The number of para-hydroxylation sites is 1. The summed E-state index contributed by atoms with van der Waals surface area (Å²) in [4.78, 5) is 20.6. The highest BCUT2D eigenvalue weighted by atomic mass is 35.5. The number of anilines is 2. The maximum atomic E-state index is 12.9. The van der Waals surface area contributed by atoms with Crippen LogP contribution in [0.5, 0.6) is 5.75 Å². The Bertz CT molecular complexity index is 1400. The van der Waals surface area contributed by atoms with Crippen LogP contribution in [-0.4, -0.2) is 36.2 Å². The molecule has 3 heterocycles. The largest absolute Gasteiger partial charge is 0.493 e. The highest BCUT2D eigenvalue weighted by Gasteiger charge is 2.29. The van der Waals surface area contributed by atoms with E-state index in [1.807, 2.05) is 38.9 Å². The number of hydrogen-bond donors (Lipinski definition) is 3. The first-order valence-corrected chi connectivity index (χ1v) is 11.6. The Morgan fingerprint density at radius 1 is 1.31 bits per heavy atom. The quantitative estimate of drug-likeness (QED) is 0.345. The molecule has 0 bridgehead atoms. The maximum absolute atomic E-state index is 12.9. The molecule has 176 valence electrons. The lowest BCUT2D eigenvalue weighted by molar-refractivity contribution is 0.0947. The maximum Gasteiger partial charge on any atom is 0.282 e. The van der Waals surface area contributed by atoms with Gasteiger partial charge in [-0.15, -0.1) is 0 Å². The van der Waals surface area contributed by atoms with Gasteiger partial charge in [0.15, 0.2) is 5.75 Å². The molecule has 3 aromatic rings. The molecule has 4 rings (SSSR count). The summed E-state index contributed by atoms with van der Waals surface area (Å²) in [5, 5.41) is 15.6. The zero-order valence-electron chi connectivity index (χ0n) is 20.0. The molecule has 1 amide bonds. The summed E-state index contributed by atoms with van der Waals surface area (Å²) in [6, 6.07) is 7.26. The van der Waals surface area contributed by atoms with E-state index in [1.54, 1.807) is 25.6 Å². The predicted octanol–water partition coefficient (Wildman–Crippen LogP) is 5.09. The lowest BCUT2D eigenvalue weighted by atomic mass is 9.37. The van der Waals surface area contributed by atoms with E-state index in [1.165, 1.54) is 0 Å². The number of nitriles is 1. The molecule has 7 nitrogen and oxygen atoms in total. The number of pyridine rings is 1. The van der Waals surface area contributed by atoms with Crippen LogP contribution in [0.15, 0.2) is 36.7 Å². The second-order valence-electron chi connectivity index (χ2n) is 8.92. The molecule has 1 aliphatic heterocycles. The molecule has 2 aromatic heterocycles. The fourth-order valence-electron chi connectivity index (χ4n) is 3.87. The first-order valence-electron chi connectivity index (χ1n) is 11.3. The number of methoxy groups -OCH3 is 1.